The van der Waals surface area contributed by atoms with Crippen LogP contribution in [0.25, 0.3) is 0 Å². The van der Waals surface area contributed by atoms with E-state index in [0.717, 1.165) is 0 Å². The monoisotopic (exact) mass is 976 g/mol. The predicted molar refractivity (Wildman–Crippen MR) is 249 cm³/mol. The van der Waals surface area contributed by atoms with Gasteiger partial charge >= 0.3 is 11.9 Å². The van der Waals surface area contributed by atoms with Crippen LogP contribution in [-0.4, -0.2) is 153 Å². The molecule has 1 aromatic carbocycles. The van der Waals surface area contributed by atoms with Crippen molar-refractivity contribution in [2.24, 2.45) is 29.4 Å². The lowest BCUT2D eigenvalue weighted by atomic mass is 9.94. The first-order chi connectivity index (χ1) is 32.3. The molecular formula is C46H73N9O14. The third-order valence-electron chi connectivity index (χ3n) is 12.0. The second-order valence-electron chi connectivity index (χ2n) is 18.3. The topological polar surface area (TPSA) is 365 Å². The van der Waals surface area contributed by atoms with Crippen LogP contribution in [0.1, 0.15) is 99.5 Å². The Morgan fingerprint density at radius 1 is 0.696 bits per heavy atom. The van der Waals surface area contributed by atoms with Crippen LogP contribution in [-0.2, 0) is 54.4 Å². The summed E-state index contributed by atoms with van der Waals surface area (Å²) in [4.78, 5) is 132. The smallest absolute Gasteiger partial charge is 0.326 e. The average molecular weight is 976 g/mol. The summed E-state index contributed by atoms with van der Waals surface area (Å²) in [6.45, 7) is 12.0. The van der Waals surface area contributed by atoms with Gasteiger partial charge in [-0.05, 0) is 67.1 Å². The summed E-state index contributed by atoms with van der Waals surface area (Å²) in [6.07, 6.45) is 0.660. The molecule has 23 nitrogen and oxygen atoms in total. The average Bonchev–Trinajstić information content (AvgIpc) is 3.79. The van der Waals surface area contributed by atoms with Crippen LogP contribution in [0.3, 0.4) is 0 Å². The van der Waals surface area contributed by atoms with Crippen LogP contribution in [0.2, 0.25) is 0 Å². The molecule has 0 unspecified atom stereocenters. The molecule has 0 aliphatic carbocycles. The predicted octanol–water partition coefficient (Wildman–Crippen LogP) is -1.38. The number of nitrogens with zero attached hydrogens (tertiary/aromatic N) is 1. The summed E-state index contributed by atoms with van der Waals surface area (Å²) in [5, 5.41) is 56.0. The number of aliphatic hydroxyl groups is 1. The Labute approximate surface area is 402 Å². The van der Waals surface area contributed by atoms with Crippen LogP contribution < -0.4 is 43.0 Å². The number of carboxylic acid groups (broad SMARTS) is 2. The molecule has 2 rings (SSSR count). The number of phenolic OH excluding ortho intramolecular Hbond substituents is 1. The van der Waals surface area contributed by atoms with Crippen molar-refractivity contribution in [1.82, 2.24) is 42.1 Å². The largest absolute Gasteiger partial charge is 0.508 e. The minimum Gasteiger partial charge on any atom is -0.508 e. The Morgan fingerprint density at radius 2 is 1.25 bits per heavy atom. The van der Waals surface area contributed by atoms with Gasteiger partial charge in [-0.1, -0.05) is 80.4 Å². The SMILES string of the molecule is CC[C@H](C)[C@H](NC(=O)[C@@H](NC(=O)[C@@H](N)Cc1ccc(O)cc1)[C@@H](C)CC)C(=O)N[C@@H](CO)C(=O)NCC(=O)N[C@@H](CC(=O)O)C(=O)N[C@@H](CC(C)C)C(=O)N1CCC[C@H]1C(=O)N[C@H](C(=O)O)C(C)C. The lowest BCUT2D eigenvalue weighted by Gasteiger charge is -2.31. The maximum atomic E-state index is 13.9. The van der Waals surface area contributed by atoms with Gasteiger partial charge in [-0.15, -0.1) is 0 Å². The van der Waals surface area contributed by atoms with Gasteiger partial charge in [0, 0.05) is 6.54 Å². The molecule has 1 aliphatic rings. The van der Waals surface area contributed by atoms with E-state index in [1.807, 2.05) is 0 Å². The van der Waals surface area contributed by atoms with E-state index in [1.54, 1.807) is 67.5 Å². The van der Waals surface area contributed by atoms with Crippen LogP contribution >= 0.6 is 0 Å². The van der Waals surface area contributed by atoms with Crippen LogP contribution in [0.5, 0.6) is 5.75 Å². The van der Waals surface area contributed by atoms with Gasteiger partial charge in [-0.2, -0.15) is 0 Å². The van der Waals surface area contributed by atoms with Crippen molar-refractivity contribution in [1.29, 1.82) is 0 Å². The van der Waals surface area contributed by atoms with Gasteiger partial charge < -0.3 is 68.3 Å². The second kappa shape index (κ2) is 28.2. The fourth-order valence-electron chi connectivity index (χ4n) is 7.49. The number of phenols is 1. The fourth-order valence-corrected chi connectivity index (χ4v) is 7.49. The van der Waals surface area contributed by atoms with Crippen LogP contribution in [0, 0.1) is 23.7 Å². The Morgan fingerprint density at radius 3 is 1.75 bits per heavy atom. The molecule has 1 aliphatic heterocycles. The van der Waals surface area contributed by atoms with E-state index < -0.39 is 145 Å². The van der Waals surface area contributed by atoms with Gasteiger partial charge in [-0.25, -0.2) is 4.79 Å². The summed E-state index contributed by atoms with van der Waals surface area (Å²) in [7, 11) is 0. The summed E-state index contributed by atoms with van der Waals surface area (Å²) in [5.74, 6) is -11.1. The zero-order valence-corrected chi connectivity index (χ0v) is 40.7. The highest BCUT2D eigenvalue weighted by Crippen LogP contribution is 2.22. The minimum atomic E-state index is -1.76. The first kappa shape index (κ1) is 58.8. The molecule has 0 bridgehead atoms. The van der Waals surface area contributed by atoms with E-state index in [0.29, 0.717) is 24.8 Å². The van der Waals surface area contributed by atoms with Crippen molar-refractivity contribution >= 4 is 59.2 Å². The van der Waals surface area contributed by atoms with E-state index in [4.69, 9.17) is 5.73 Å². The van der Waals surface area contributed by atoms with E-state index in [9.17, 15) is 68.4 Å². The molecule has 1 heterocycles. The number of hydrogen-bond acceptors (Lipinski definition) is 13. The number of nitrogens with two attached hydrogens (primary N) is 1. The van der Waals surface area contributed by atoms with Crippen molar-refractivity contribution < 1.29 is 68.4 Å². The van der Waals surface area contributed by atoms with Crippen LogP contribution in [0.4, 0.5) is 0 Å². The van der Waals surface area contributed by atoms with Crippen molar-refractivity contribution in [2.45, 2.75) is 149 Å². The highest BCUT2D eigenvalue weighted by atomic mass is 16.4. The fraction of sp³-hybridized carbons (Fsp3) is 0.652. The van der Waals surface area contributed by atoms with Gasteiger partial charge in [-0.3, -0.25) is 43.2 Å². The number of rotatable bonds is 28. The van der Waals surface area contributed by atoms with Gasteiger partial charge in [0.1, 0.15) is 48.0 Å². The second-order valence-corrected chi connectivity index (χ2v) is 18.3. The lowest BCUT2D eigenvalue weighted by Crippen LogP contribution is -2.61. The molecule has 0 aromatic heterocycles. The number of benzene rings is 1. The maximum absolute atomic E-state index is 13.9. The summed E-state index contributed by atoms with van der Waals surface area (Å²) >= 11 is 0. The Kier molecular flexibility index (Phi) is 24.0. The number of amides is 8. The Bertz CT molecular complexity index is 1970. The zero-order chi connectivity index (χ0) is 52.3. The first-order valence-corrected chi connectivity index (χ1v) is 23.3. The normalized spacial score (nSPS) is 17.4. The Hall–Kier alpha value is -6.36. The first-order valence-electron chi connectivity index (χ1n) is 23.3. The quantitative estimate of drug-likeness (QED) is 0.0461. The van der Waals surface area contributed by atoms with Crippen molar-refractivity contribution in [3.05, 3.63) is 29.8 Å². The highest BCUT2D eigenvalue weighted by molar-refractivity contribution is 5.98. The van der Waals surface area contributed by atoms with Crippen molar-refractivity contribution in [2.75, 3.05) is 19.7 Å². The van der Waals surface area contributed by atoms with Gasteiger partial charge in [0.05, 0.1) is 25.6 Å². The van der Waals surface area contributed by atoms with E-state index in [2.05, 4.69) is 37.2 Å². The molecule has 0 saturated carbocycles. The Balaban J connectivity index is 2.15. The van der Waals surface area contributed by atoms with Crippen molar-refractivity contribution in [3.8, 4) is 5.75 Å². The molecule has 1 aromatic rings. The molecular weight excluding hydrogens is 903 g/mol. The molecule has 1 fully saturated rings. The third-order valence-corrected chi connectivity index (χ3v) is 12.0. The highest BCUT2D eigenvalue weighted by Gasteiger charge is 2.41. The molecule has 10 atom stereocenters. The van der Waals surface area contributed by atoms with Gasteiger partial charge in [0.25, 0.3) is 0 Å². The number of hydrogen-bond donors (Lipinski definition) is 12. The molecule has 0 spiro atoms. The molecule has 386 valence electrons. The number of carbonyl (C=O) groups excluding carboxylic acids is 8. The molecule has 1 saturated heterocycles. The number of nitrogens with one attached hydrogen (secondary N) is 7. The summed E-state index contributed by atoms with van der Waals surface area (Å²) < 4.78 is 0. The summed E-state index contributed by atoms with van der Waals surface area (Å²) in [6, 6.07) is -4.30. The number of aromatic hydroxyl groups is 1. The number of aliphatic carboxylic acids is 2. The van der Waals surface area contributed by atoms with E-state index in [-0.39, 0.29) is 37.5 Å². The zero-order valence-electron chi connectivity index (χ0n) is 40.7. The standard InChI is InChI=1S/C46H73N9O14/c1-9-25(7)37(54-44(66)38(26(8)10-2)53-39(61)29(47)19-27-13-15-28(57)16-14-27)43(65)51-32(22-56)40(62)48-21-34(58)49-30(20-35(59)60)41(63)50-31(18-23(3)4)45(67)55-17-11-12-33(55)42(64)52-36(24(5)6)46(68)69/h13-16,23-26,29-33,36-38,56-57H,9-12,17-22,47H2,1-8H3,(H,48,62)(H,49,58)(H,50,63)(H,51,65)(H,52,64)(H,53,61)(H,54,66)(H,59,60)(H,68,69)/t25-,26-,29-,30-,31-,32-,33-,36-,37-,38-/m0/s1. The number of carboxylic acids is 2. The van der Waals surface area contributed by atoms with Gasteiger partial charge in [0.15, 0.2) is 0 Å². The van der Waals surface area contributed by atoms with Crippen LogP contribution in [0.15, 0.2) is 24.3 Å². The number of carbonyl (C=O) groups is 10. The summed E-state index contributed by atoms with van der Waals surface area (Å²) in [5.41, 5.74) is 6.82. The number of likely N-dealkylation sites (tertiary alicyclic amines) is 1. The van der Waals surface area contributed by atoms with E-state index in [1.165, 1.54) is 17.0 Å². The maximum Gasteiger partial charge on any atom is 0.326 e. The molecule has 13 N–H and O–H groups in total. The molecule has 0 radical (unpaired) electrons. The van der Waals surface area contributed by atoms with E-state index >= 15 is 0 Å². The minimum absolute atomic E-state index is 0.0378. The number of aliphatic hydroxyl groups excluding tert-OH is 1. The van der Waals surface area contributed by atoms with Gasteiger partial charge in [0.2, 0.25) is 47.3 Å². The lowest BCUT2D eigenvalue weighted by molar-refractivity contribution is -0.146. The van der Waals surface area contributed by atoms with Crippen molar-refractivity contribution in [3.63, 3.8) is 0 Å². The molecule has 8 amide bonds. The molecule has 23 heteroatoms. The molecule has 69 heavy (non-hydrogen) atoms. The third kappa shape index (κ3) is 18.6.